The molecule has 0 aliphatic heterocycles. The first-order valence-electron chi connectivity index (χ1n) is 8.86. The molecule has 1 aromatic heterocycles. The van der Waals surface area contributed by atoms with E-state index in [0.29, 0.717) is 0 Å². The molecule has 1 N–H and O–H groups in total. The zero-order valence-electron chi connectivity index (χ0n) is 15.3. The minimum atomic E-state index is -0.774. The van der Waals surface area contributed by atoms with E-state index in [9.17, 15) is 5.11 Å². The Balaban J connectivity index is 1.84. The lowest BCUT2D eigenvalue weighted by atomic mass is 9.95. The highest BCUT2D eigenvalue weighted by atomic mass is 16.5. The van der Waals surface area contributed by atoms with Crippen molar-refractivity contribution in [3.05, 3.63) is 89.5 Å². The normalized spacial score (nSPS) is 13.4. The van der Waals surface area contributed by atoms with Crippen LogP contribution in [0.25, 0.3) is 11.0 Å². The number of aliphatic hydroxyl groups excluding tert-OH is 1. The van der Waals surface area contributed by atoms with Gasteiger partial charge in [0, 0.05) is 0 Å². The molecule has 5 heteroatoms. The van der Waals surface area contributed by atoms with E-state index in [-0.39, 0.29) is 0 Å². The van der Waals surface area contributed by atoms with Crippen molar-refractivity contribution in [2.75, 3.05) is 7.11 Å². The lowest BCUT2D eigenvalue weighted by Gasteiger charge is -2.25. The smallest absolute Gasteiger partial charge is 0.118 e. The van der Waals surface area contributed by atoms with E-state index >= 15 is 0 Å². The molecule has 136 valence electrons. The number of nitrogens with zero attached hydrogens (tertiary/aromatic N) is 3. The zero-order chi connectivity index (χ0) is 18.8. The highest BCUT2D eigenvalue weighted by molar-refractivity contribution is 5.74. The number of rotatable bonds is 5. The van der Waals surface area contributed by atoms with Crippen molar-refractivity contribution in [3.8, 4) is 5.75 Å². The predicted molar refractivity (Wildman–Crippen MR) is 105 cm³/mol. The number of aromatic nitrogens is 3. The largest absolute Gasteiger partial charge is 0.497 e. The highest BCUT2D eigenvalue weighted by Gasteiger charge is 2.27. The summed E-state index contributed by atoms with van der Waals surface area (Å²) in [5, 5.41) is 19.9. The van der Waals surface area contributed by atoms with Gasteiger partial charge < -0.3 is 9.84 Å². The molecule has 0 saturated carbocycles. The fourth-order valence-electron chi connectivity index (χ4n) is 3.30. The molecule has 0 fully saturated rings. The molecule has 5 nitrogen and oxygen atoms in total. The Morgan fingerprint density at radius 2 is 1.56 bits per heavy atom. The monoisotopic (exact) mass is 359 g/mol. The van der Waals surface area contributed by atoms with Crippen molar-refractivity contribution in [2.24, 2.45) is 0 Å². The second-order valence-electron chi connectivity index (χ2n) is 6.60. The molecule has 0 saturated heterocycles. The van der Waals surface area contributed by atoms with Crippen LogP contribution in [-0.2, 0) is 0 Å². The van der Waals surface area contributed by atoms with Gasteiger partial charge in [0.2, 0.25) is 0 Å². The fourth-order valence-corrected chi connectivity index (χ4v) is 3.30. The Bertz CT molecular complexity index is 1040. The van der Waals surface area contributed by atoms with E-state index in [1.165, 1.54) is 0 Å². The number of hydrogen-bond acceptors (Lipinski definition) is 4. The maximum Gasteiger partial charge on any atom is 0.118 e. The molecule has 0 amide bonds. The second kappa shape index (κ2) is 7.21. The minimum absolute atomic E-state index is 0.411. The minimum Gasteiger partial charge on any atom is -0.497 e. The summed E-state index contributed by atoms with van der Waals surface area (Å²) in [5.74, 6) is 0.769. The van der Waals surface area contributed by atoms with E-state index in [4.69, 9.17) is 4.74 Å². The van der Waals surface area contributed by atoms with Gasteiger partial charge in [-0.3, -0.25) is 0 Å². The number of hydrogen-bond donors (Lipinski definition) is 1. The maximum absolute atomic E-state index is 11.3. The summed E-state index contributed by atoms with van der Waals surface area (Å²) in [7, 11) is 1.64. The van der Waals surface area contributed by atoms with Crippen LogP contribution in [-0.4, -0.2) is 27.2 Å². The van der Waals surface area contributed by atoms with Gasteiger partial charge in [0.05, 0.1) is 12.6 Å². The van der Waals surface area contributed by atoms with Crippen LogP contribution >= 0.6 is 0 Å². The number of ether oxygens (including phenoxy) is 1. The van der Waals surface area contributed by atoms with Gasteiger partial charge in [-0.2, -0.15) is 0 Å². The zero-order valence-corrected chi connectivity index (χ0v) is 15.3. The standard InChI is InChI=1S/C22H21N3O2/c1-15-7-9-17(10-8-15)22(26)21(16-11-13-18(27-2)14-12-16)25-20-6-4-3-5-19(20)23-24-25/h3-14,21-22,26H,1-2H3/t21-,22-/m1/s1. The summed E-state index contributed by atoms with van der Waals surface area (Å²) >= 11 is 0. The van der Waals surface area contributed by atoms with Gasteiger partial charge in [-0.15, -0.1) is 5.10 Å². The van der Waals surface area contributed by atoms with E-state index in [2.05, 4.69) is 10.3 Å². The van der Waals surface area contributed by atoms with Gasteiger partial charge in [0.25, 0.3) is 0 Å². The summed E-state index contributed by atoms with van der Waals surface area (Å²) in [6, 6.07) is 23.0. The van der Waals surface area contributed by atoms with E-state index in [0.717, 1.165) is 33.5 Å². The molecule has 2 atom stereocenters. The van der Waals surface area contributed by atoms with Crippen LogP contribution < -0.4 is 4.74 Å². The quantitative estimate of drug-likeness (QED) is 0.583. The van der Waals surface area contributed by atoms with Crippen molar-refractivity contribution >= 4 is 11.0 Å². The van der Waals surface area contributed by atoms with Gasteiger partial charge in [-0.25, -0.2) is 4.68 Å². The summed E-state index contributed by atoms with van der Waals surface area (Å²) in [4.78, 5) is 0. The lowest BCUT2D eigenvalue weighted by Crippen LogP contribution is -2.20. The molecule has 0 aliphatic rings. The molecule has 0 bridgehead atoms. The number of fused-ring (bicyclic) bond motifs is 1. The first kappa shape index (κ1) is 17.2. The predicted octanol–water partition coefficient (Wildman–Crippen LogP) is 4.07. The van der Waals surface area contributed by atoms with Crippen LogP contribution in [0.1, 0.15) is 28.8 Å². The molecule has 0 aliphatic carbocycles. The summed E-state index contributed by atoms with van der Waals surface area (Å²) in [6.45, 7) is 2.03. The topological polar surface area (TPSA) is 60.2 Å². The fraction of sp³-hybridized carbons (Fsp3) is 0.182. The Morgan fingerprint density at radius 1 is 0.889 bits per heavy atom. The van der Waals surface area contributed by atoms with Crippen LogP contribution in [0, 0.1) is 6.92 Å². The molecule has 27 heavy (non-hydrogen) atoms. The van der Waals surface area contributed by atoms with Crippen molar-refractivity contribution in [1.29, 1.82) is 0 Å². The Morgan fingerprint density at radius 3 is 2.26 bits per heavy atom. The number of aryl methyl sites for hydroxylation is 1. The molecule has 0 unspecified atom stereocenters. The van der Waals surface area contributed by atoms with Crippen molar-refractivity contribution in [3.63, 3.8) is 0 Å². The lowest BCUT2D eigenvalue weighted by molar-refractivity contribution is 0.126. The third-order valence-electron chi connectivity index (χ3n) is 4.82. The van der Waals surface area contributed by atoms with E-state index in [1.807, 2.05) is 79.7 Å². The summed E-state index contributed by atoms with van der Waals surface area (Å²) < 4.78 is 7.06. The van der Waals surface area contributed by atoms with Gasteiger partial charge in [0.1, 0.15) is 23.4 Å². The second-order valence-corrected chi connectivity index (χ2v) is 6.60. The third-order valence-corrected chi connectivity index (χ3v) is 4.82. The van der Waals surface area contributed by atoms with Crippen LogP contribution in [0.15, 0.2) is 72.8 Å². The average Bonchev–Trinajstić information content (AvgIpc) is 3.13. The van der Waals surface area contributed by atoms with E-state index in [1.54, 1.807) is 11.8 Å². The van der Waals surface area contributed by atoms with Crippen LogP contribution in [0.3, 0.4) is 0 Å². The highest BCUT2D eigenvalue weighted by Crippen LogP contribution is 2.34. The van der Waals surface area contributed by atoms with Gasteiger partial charge in [0.15, 0.2) is 0 Å². The van der Waals surface area contributed by atoms with Crippen LogP contribution in [0.2, 0.25) is 0 Å². The number of aliphatic hydroxyl groups is 1. The molecule has 0 radical (unpaired) electrons. The van der Waals surface area contributed by atoms with Gasteiger partial charge in [-0.05, 0) is 42.3 Å². The average molecular weight is 359 g/mol. The van der Waals surface area contributed by atoms with Crippen LogP contribution in [0.4, 0.5) is 0 Å². The Labute approximate surface area is 157 Å². The van der Waals surface area contributed by atoms with Gasteiger partial charge >= 0.3 is 0 Å². The van der Waals surface area contributed by atoms with E-state index < -0.39 is 12.1 Å². The number of para-hydroxylation sites is 1. The molecule has 4 rings (SSSR count). The number of methoxy groups -OCH3 is 1. The maximum atomic E-state index is 11.3. The first-order chi connectivity index (χ1) is 13.2. The van der Waals surface area contributed by atoms with Crippen molar-refractivity contribution in [1.82, 2.24) is 15.0 Å². The van der Waals surface area contributed by atoms with Crippen molar-refractivity contribution in [2.45, 2.75) is 19.1 Å². The molecular formula is C22H21N3O2. The molecule has 0 spiro atoms. The summed E-state index contributed by atoms with van der Waals surface area (Å²) in [5.41, 5.74) is 4.59. The molecule has 1 heterocycles. The molecule has 3 aromatic carbocycles. The molecular weight excluding hydrogens is 338 g/mol. The number of benzene rings is 3. The van der Waals surface area contributed by atoms with Crippen LogP contribution in [0.5, 0.6) is 5.75 Å². The third kappa shape index (κ3) is 3.29. The SMILES string of the molecule is COc1ccc([C@H]([C@H](O)c2ccc(C)cc2)n2nnc3ccccc32)cc1. The van der Waals surface area contributed by atoms with Crippen molar-refractivity contribution < 1.29 is 9.84 Å². The Kier molecular flexibility index (Phi) is 4.60. The first-order valence-corrected chi connectivity index (χ1v) is 8.86. The van der Waals surface area contributed by atoms with Gasteiger partial charge in [-0.1, -0.05) is 59.3 Å². The Hall–Kier alpha value is -3.18. The summed E-state index contributed by atoms with van der Waals surface area (Å²) in [6.07, 6.45) is -0.774. The molecule has 4 aromatic rings.